The Hall–Kier alpha value is -4.64. The number of allylic oxidation sites excluding steroid dienone is 2. The summed E-state index contributed by atoms with van der Waals surface area (Å²) < 4.78 is 11.9. The zero-order valence-electron chi connectivity index (χ0n) is 21.6. The highest BCUT2D eigenvalue weighted by Crippen LogP contribution is 2.44. The topological polar surface area (TPSA) is 55.8 Å². The Balaban J connectivity index is 1.24. The van der Waals surface area contributed by atoms with Crippen LogP contribution in [0.3, 0.4) is 0 Å². The zero-order valence-corrected chi connectivity index (χ0v) is 21.6. The third kappa shape index (κ3) is 5.34. The van der Waals surface area contributed by atoms with E-state index in [1.807, 2.05) is 109 Å². The average molecular weight is 516 g/mol. The van der Waals surface area contributed by atoms with E-state index in [0.29, 0.717) is 25.2 Å². The summed E-state index contributed by atoms with van der Waals surface area (Å²) in [7, 11) is 0. The molecule has 1 heterocycles. The molecule has 0 fully saturated rings. The van der Waals surface area contributed by atoms with Gasteiger partial charge in [0.2, 0.25) is 5.91 Å². The maximum Gasteiger partial charge on any atom is 0.232 e. The molecule has 1 amide bonds. The van der Waals surface area contributed by atoms with E-state index in [9.17, 15) is 9.59 Å². The number of hydrogen-bond donors (Lipinski definition) is 0. The first kappa shape index (κ1) is 24.7. The van der Waals surface area contributed by atoms with Gasteiger partial charge in [-0.15, -0.1) is 0 Å². The summed E-state index contributed by atoms with van der Waals surface area (Å²) in [6, 6.07) is 34.9. The second kappa shape index (κ2) is 11.0. The Morgan fingerprint density at radius 3 is 2.05 bits per heavy atom. The lowest BCUT2D eigenvalue weighted by Crippen LogP contribution is -2.40. The van der Waals surface area contributed by atoms with Crippen LogP contribution < -0.4 is 14.4 Å². The maximum atomic E-state index is 13.6. The van der Waals surface area contributed by atoms with E-state index in [-0.39, 0.29) is 24.0 Å². The van der Waals surface area contributed by atoms with E-state index in [2.05, 4.69) is 0 Å². The monoisotopic (exact) mass is 515 g/mol. The first-order valence-electron chi connectivity index (χ1n) is 13.3. The number of amides is 1. The summed E-state index contributed by atoms with van der Waals surface area (Å²) in [5.74, 6) is 2.08. The van der Waals surface area contributed by atoms with Crippen molar-refractivity contribution >= 4 is 17.4 Å². The molecule has 1 aliphatic heterocycles. The van der Waals surface area contributed by atoms with Crippen LogP contribution in [0.5, 0.6) is 17.2 Å². The van der Waals surface area contributed by atoms with Gasteiger partial charge >= 0.3 is 0 Å². The molecule has 1 unspecified atom stereocenters. The molecule has 1 atom stereocenters. The molecular formula is C34H29NO4. The Labute approximate surface area is 228 Å². The predicted molar refractivity (Wildman–Crippen MR) is 151 cm³/mol. The number of carbonyl (C=O) groups is 2. The van der Waals surface area contributed by atoms with Gasteiger partial charge in [-0.05, 0) is 72.5 Å². The van der Waals surface area contributed by atoms with Gasteiger partial charge in [-0.1, -0.05) is 60.7 Å². The summed E-state index contributed by atoms with van der Waals surface area (Å²) in [5.41, 5.74) is 4.41. The molecule has 0 saturated heterocycles. The number of ether oxygens (including phenoxy) is 2. The number of anilines is 1. The van der Waals surface area contributed by atoms with Gasteiger partial charge in [0.15, 0.2) is 5.78 Å². The molecule has 0 saturated carbocycles. The van der Waals surface area contributed by atoms with Gasteiger partial charge in [0.1, 0.15) is 23.9 Å². The number of hydrogen-bond acceptors (Lipinski definition) is 4. The number of benzene rings is 4. The minimum Gasteiger partial charge on any atom is -0.489 e. The molecule has 0 radical (unpaired) electrons. The SMILES string of the molecule is O=C1CCCC2=C1C(c1ccc(OCc3ccccc3)cc1)CC(=O)N2c1ccc(Oc2ccccc2)cc1. The largest absolute Gasteiger partial charge is 0.489 e. The van der Waals surface area contributed by atoms with Crippen LogP contribution in [0.2, 0.25) is 0 Å². The number of para-hydroxylation sites is 1. The number of carbonyl (C=O) groups excluding carboxylic acids is 2. The van der Waals surface area contributed by atoms with Crippen LogP contribution in [0.15, 0.2) is 120 Å². The Morgan fingerprint density at radius 2 is 1.33 bits per heavy atom. The van der Waals surface area contributed by atoms with Gasteiger partial charge in [0, 0.05) is 35.7 Å². The Bertz CT molecular complexity index is 1490. The van der Waals surface area contributed by atoms with Crippen LogP contribution in [-0.2, 0) is 16.2 Å². The van der Waals surface area contributed by atoms with Crippen molar-refractivity contribution in [3.63, 3.8) is 0 Å². The van der Waals surface area contributed by atoms with Crippen molar-refractivity contribution in [3.8, 4) is 17.2 Å². The van der Waals surface area contributed by atoms with Crippen molar-refractivity contribution in [2.24, 2.45) is 0 Å². The highest BCUT2D eigenvalue weighted by molar-refractivity contribution is 6.07. The quantitative estimate of drug-likeness (QED) is 0.255. The van der Waals surface area contributed by atoms with Gasteiger partial charge < -0.3 is 9.47 Å². The number of rotatable bonds is 7. The van der Waals surface area contributed by atoms with Crippen LogP contribution in [0.25, 0.3) is 0 Å². The van der Waals surface area contributed by atoms with E-state index in [0.717, 1.165) is 46.0 Å². The van der Waals surface area contributed by atoms with Crippen LogP contribution in [-0.4, -0.2) is 11.7 Å². The van der Waals surface area contributed by atoms with Crippen LogP contribution in [0.1, 0.15) is 42.7 Å². The lowest BCUT2D eigenvalue weighted by Gasteiger charge is -2.38. The molecular weight excluding hydrogens is 486 g/mol. The second-order valence-corrected chi connectivity index (χ2v) is 9.88. The van der Waals surface area contributed by atoms with Gasteiger partial charge in [-0.3, -0.25) is 14.5 Å². The zero-order chi connectivity index (χ0) is 26.6. The lowest BCUT2D eigenvalue weighted by atomic mass is 9.77. The summed E-state index contributed by atoms with van der Waals surface area (Å²) in [4.78, 5) is 28.5. The molecule has 0 spiro atoms. The van der Waals surface area contributed by atoms with Crippen LogP contribution in [0, 0.1) is 0 Å². The van der Waals surface area contributed by atoms with E-state index < -0.39 is 0 Å². The summed E-state index contributed by atoms with van der Waals surface area (Å²) >= 11 is 0. The fraction of sp³-hybridized carbons (Fsp3) is 0.176. The fourth-order valence-electron chi connectivity index (χ4n) is 5.40. The van der Waals surface area contributed by atoms with Crippen molar-refractivity contribution in [2.75, 3.05) is 4.90 Å². The molecule has 6 rings (SSSR count). The molecule has 4 aromatic rings. The fourth-order valence-corrected chi connectivity index (χ4v) is 5.40. The molecule has 0 N–H and O–H groups in total. The van der Waals surface area contributed by atoms with Crippen molar-refractivity contribution < 1.29 is 19.1 Å². The van der Waals surface area contributed by atoms with Gasteiger partial charge in [0.25, 0.3) is 0 Å². The molecule has 39 heavy (non-hydrogen) atoms. The highest BCUT2D eigenvalue weighted by atomic mass is 16.5. The second-order valence-electron chi connectivity index (χ2n) is 9.88. The summed E-state index contributed by atoms with van der Waals surface area (Å²) in [6.07, 6.45) is 2.20. The first-order valence-corrected chi connectivity index (χ1v) is 13.3. The van der Waals surface area contributed by atoms with Gasteiger partial charge in [-0.2, -0.15) is 0 Å². The third-order valence-corrected chi connectivity index (χ3v) is 7.28. The van der Waals surface area contributed by atoms with E-state index in [1.165, 1.54) is 0 Å². The molecule has 1 aliphatic carbocycles. The van der Waals surface area contributed by atoms with Gasteiger partial charge in [-0.25, -0.2) is 0 Å². The summed E-state index contributed by atoms with van der Waals surface area (Å²) in [6.45, 7) is 0.486. The normalized spacial score (nSPS) is 17.1. The molecule has 2 aliphatic rings. The minimum absolute atomic E-state index is 0.00502. The molecule has 0 bridgehead atoms. The number of Topliss-reactive ketones (excluding diaryl/α,β-unsaturated/α-hetero) is 1. The maximum absolute atomic E-state index is 13.6. The number of ketones is 1. The third-order valence-electron chi connectivity index (χ3n) is 7.28. The Morgan fingerprint density at radius 1 is 0.692 bits per heavy atom. The number of nitrogens with zero attached hydrogens (tertiary/aromatic N) is 1. The van der Waals surface area contributed by atoms with E-state index in [4.69, 9.17) is 9.47 Å². The molecule has 5 heteroatoms. The predicted octanol–water partition coefficient (Wildman–Crippen LogP) is 7.59. The van der Waals surface area contributed by atoms with E-state index in [1.54, 1.807) is 4.90 Å². The lowest BCUT2D eigenvalue weighted by molar-refractivity contribution is -0.119. The van der Waals surface area contributed by atoms with E-state index >= 15 is 0 Å². The molecule has 4 aromatic carbocycles. The standard InChI is InChI=1S/C34H29NO4/c36-32-13-7-12-31-34(32)30(25-14-18-27(19-15-25)38-23-24-8-3-1-4-9-24)22-33(37)35(31)26-16-20-29(21-17-26)39-28-10-5-2-6-11-28/h1-6,8-11,14-21,30H,7,12-13,22-23H2. The van der Waals surface area contributed by atoms with Crippen molar-refractivity contribution in [1.29, 1.82) is 0 Å². The smallest absolute Gasteiger partial charge is 0.232 e. The van der Waals surface area contributed by atoms with Crippen LogP contribution >= 0.6 is 0 Å². The highest BCUT2D eigenvalue weighted by Gasteiger charge is 2.39. The van der Waals surface area contributed by atoms with Crippen molar-refractivity contribution in [3.05, 3.63) is 132 Å². The Kier molecular flexibility index (Phi) is 6.96. The van der Waals surface area contributed by atoms with Crippen molar-refractivity contribution in [1.82, 2.24) is 0 Å². The molecule has 0 aromatic heterocycles. The molecule has 5 nitrogen and oxygen atoms in total. The van der Waals surface area contributed by atoms with Gasteiger partial charge in [0.05, 0.1) is 0 Å². The van der Waals surface area contributed by atoms with Crippen molar-refractivity contribution in [2.45, 2.75) is 38.2 Å². The molecule has 194 valence electrons. The minimum atomic E-state index is -0.250. The summed E-state index contributed by atoms with van der Waals surface area (Å²) in [5, 5.41) is 0. The first-order chi connectivity index (χ1) is 19.2. The average Bonchev–Trinajstić information content (AvgIpc) is 2.98. The van der Waals surface area contributed by atoms with Crippen LogP contribution in [0.4, 0.5) is 5.69 Å².